The van der Waals surface area contributed by atoms with Crippen molar-refractivity contribution in [2.24, 2.45) is 0 Å². The Bertz CT molecular complexity index is 511. The fraction of sp³-hybridized carbons (Fsp3) is 0.267. The zero-order chi connectivity index (χ0) is 13.0. The Labute approximate surface area is 113 Å². The Morgan fingerprint density at radius 2 is 1.89 bits per heavy atom. The van der Waals surface area contributed by atoms with Crippen molar-refractivity contribution >= 4 is 11.6 Å². The maximum Gasteiger partial charge on any atom is 0.219 e. The van der Waals surface area contributed by atoms with Gasteiger partial charge in [0.15, 0.2) is 0 Å². The van der Waals surface area contributed by atoms with Crippen LogP contribution in [0.25, 0.3) is 0 Å². The van der Waals surface area contributed by atoms with E-state index in [4.69, 9.17) is 16.3 Å². The van der Waals surface area contributed by atoms with Crippen LogP contribution >= 0.6 is 11.6 Å². The largest absolute Gasteiger partial charge is 0.439 e. The van der Waals surface area contributed by atoms with Crippen LogP contribution < -0.4 is 4.74 Å². The maximum absolute atomic E-state index is 5.90. The minimum atomic E-state index is 0.353. The summed E-state index contributed by atoms with van der Waals surface area (Å²) in [6.07, 6.45) is 0. The van der Waals surface area contributed by atoms with Crippen molar-refractivity contribution in [2.75, 3.05) is 0 Å². The first kappa shape index (κ1) is 12.9. The number of hydrogen-bond donors (Lipinski definition) is 0. The van der Waals surface area contributed by atoms with E-state index < -0.39 is 0 Å². The van der Waals surface area contributed by atoms with Gasteiger partial charge in [0.2, 0.25) is 5.88 Å². The van der Waals surface area contributed by atoms with Crippen molar-refractivity contribution in [2.45, 2.75) is 25.6 Å². The van der Waals surface area contributed by atoms with Gasteiger partial charge in [0.1, 0.15) is 5.75 Å². The molecule has 0 radical (unpaired) electrons. The first-order chi connectivity index (χ1) is 8.69. The molecule has 0 saturated carbocycles. The van der Waals surface area contributed by atoms with Gasteiger partial charge >= 0.3 is 0 Å². The van der Waals surface area contributed by atoms with Crippen LogP contribution in [0.15, 0.2) is 42.5 Å². The van der Waals surface area contributed by atoms with Crippen LogP contribution in [0.1, 0.15) is 31.0 Å². The summed E-state index contributed by atoms with van der Waals surface area (Å²) in [6, 6.07) is 13.5. The van der Waals surface area contributed by atoms with Crippen molar-refractivity contribution in [3.8, 4) is 11.6 Å². The highest BCUT2D eigenvalue weighted by Gasteiger charge is 2.07. The molecule has 1 heterocycles. The SMILES string of the molecule is CC(C)c1cc(CCl)cc(Oc2ccccc2)n1. The van der Waals surface area contributed by atoms with E-state index in [0.29, 0.717) is 17.7 Å². The van der Waals surface area contributed by atoms with Gasteiger partial charge in [-0.1, -0.05) is 32.0 Å². The molecule has 0 fully saturated rings. The minimum absolute atomic E-state index is 0.353. The van der Waals surface area contributed by atoms with Crippen LogP contribution in [0.3, 0.4) is 0 Å². The lowest BCUT2D eigenvalue weighted by Gasteiger charge is -2.10. The van der Waals surface area contributed by atoms with Gasteiger partial charge in [0.25, 0.3) is 0 Å². The molecule has 0 amide bonds. The average molecular weight is 262 g/mol. The smallest absolute Gasteiger partial charge is 0.219 e. The van der Waals surface area contributed by atoms with Crippen molar-refractivity contribution in [3.05, 3.63) is 53.7 Å². The van der Waals surface area contributed by atoms with Gasteiger partial charge in [0, 0.05) is 17.6 Å². The first-order valence-electron chi connectivity index (χ1n) is 5.99. The van der Waals surface area contributed by atoms with Crippen LogP contribution in [0.4, 0.5) is 0 Å². The number of para-hydroxylation sites is 1. The van der Waals surface area contributed by atoms with E-state index in [9.17, 15) is 0 Å². The normalized spacial score (nSPS) is 10.7. The quantitative estimate of drug-likeness (QED) is 0.742. The molecule has 1 aromatic heterocycles. The highest BCUT2D eigenvalue weighted by molar-refractivity contribution is 6.17. The van der Waals surface area contributed by atoms with Gasteiger partial charge in [-0.2, -0.15) is 0 Å². The van der Waals surface area contributed by atoms with E-state index in [1.54, 1.807) is 0 Å². The Hall–Kier alpha value is -1.54. The molecule has 0 spiro atoms. The summed E-state index contributed by atoms with van der Waals surface area (Å²) >= 11 is 5.90. The molecule has 0 bridgehead atoms. The lowest BCUT2D eigenvalue weighted by molar-refractivity contribution is 0.459. The second kappa shape index (κ2) is 5.87. The number of pyridine rings is 1. The standard InChI is InChI=1S/C15H16ClNO/c1-11(2)14-8-12(10-16)9-15(17-14)18-13-6-4-3-5-7-13/h3-9,11H,10H2,1-2H3. The summed E-state index contributed by atoms with van der Waals surface area (Å²) in [6.45, 7) is 4.21. The number of nitrogens with zero attached hydrogens (tertiary/aromatic N) is 1. The molecule has 0 aliphatic heterocycles. The Morgan fingerprint density at radius 3 is 2.50 bits per heavy atom. The number of hydrogen-bond acceptors (Lipinski definition) is 2. The van der Waals surface area contributed by atoms with Crippen LogP contribution in [-0.2, 0) is 5.88 Å². The molecule has 1 aromatic carbocycles. The van der Waals surface area contributed by atoms with Crippen molar-refractivity contribution in [1.82, 2.24) is 4.98 Å². The third kappa shape index (κ3) is 3.23. The second-order valence-corrected chi connectivity index (χ2v) is 4.71. The Morgan fingerprint density at radius 1 is 1.17 bits per heavy atom. The number of halogens is 1. The van der Waals surface area contributed by atoms with Gasteiger partial charge < -0.3 is 4.74 Å². The fourth-order valence-electron chi connectivity index (χ4n) is 1.62. The molecule has 2 aromatic rings. The Kier molecular flexibility index (Phi) is 4.21. The van der Waals surface area contributed by atoms with Crippen LogP contribution in [0, 0.1) is 0 Å². The first-order valence-corrected chi connectivity index (χ1v) is 6.52. The van der Waals surface area contributed by atoms with Crippen molar-refractivity contribution in [3.63, 3.8) is 0 Å². The molecule has 18 heavy (non-hydrogen) atoms. The highest BCUT2D eigenvalue weighted by Crippen LogP contribution is 2.24. The number of alkyl halides is 1. The molecule has 0 unspecified atom stereocenters. The molecular weight excluding hydrogens is 246 g/mol. The molecule has 0 N–H and O–H groups in total. The fourth-order valence-corrected chi connectivity index (χ4v) is 1.77. The number of ether oxygens (including phenoxy) is 1. The highest BCUT2D eigenvalue weighted by atomic mass is 35.5. The van der Waals surface area contributed by atoms with Crippen LogP contribution in [-0.4, -0.2) is 4.98 Å². The van der Waals surface area contributed by atoms with Gasteiger partial charge in [-0.3, -0.25) is 0 Å². The monoisotopic (exact) mass is 261 g/mol. The lowest BCUT2D eigenvalue weighted by Crippen LogP contribution is -1.97. The van der Waals surface area contributed by atoms with E-state index >= 15 is 0 Å². The van der Waals surface area contributed by atoms with E-state index in [0.717, 1.165) is 17.0 Å². The average Bonchev–Trinajstić information content (AvgIpc) is 2.39. The Balaban J connectivity index is 2.30. The number of benzene rings is 1. The van der Waals surface area contributed by atoms with Crippen molar-refractivity contribution < 1.29 is 4.74 Å². The maximum atomic E-state index is 5.90. The molecule has 94 valence electrons. The van der Waals surface area contributed by atoms with Gasteiger partial charge in [-0.25, -0.2) is 4.98 Å². The number of aromatic nitrogens is 1. The summed E-state index contributed by atoms with van der Waals surface area (Å²) < 4.78 is 5.74. The summed E-state index contributed by atoms with van der Waals surface area (Å²) in [4.78, 5) is 4.50. The molecular formula is C15H16ClNO. The third-order valence-electron chi connectivity index (χ3n) is 2.59. The summed E-state index contributed by atoms with van der Waals surface area (Å²) in [5, 5.41) is 0. The lowest BCUT2D eigenvalue weighted by atomic mass is 10.1. The molecule has 3 heteroatoms. The van der Waals surface area contributed by atoms with Crippen molar-refractivity contribution in [1.29, 1.82) is 0 Å². The van der Waals surface area contributed by atoms with Crippen LogP contribution in [0.2, 0.25) is 0 Å². The molecule has 0 aliphatic rings. The number of rotatable bonds is 4. The molecule has 0 saturated heterocycles. The second-order valence-electron chi connectivity index (χ2n) is 4.44. The predicted molar refractivity (Wildman–Crippen MR) is 74.4 cm³/mol. The van der Waals surface area contributed by atoms with Gasteiger partial charge in [-0.05, 0) is 29.7 Å². The van der Waals surface area contributed by atoms with Gasteiger partial charge in [0.05, 0.1) is 0 Å². The van der Waals surface area contributed by atoms with E-state index in [2.05, 4.69) is 18.8 Å². The van der Waals surface area contributed by atoms with Gasteiger partial charge in [-0.15, -0.1) is 11.6 Å². The minimum Gasteiger partial charge on any atom is -0.439 e. The topological polar surface area (TPSA) is 22.1 Å². The molecule has 0 atom stereocenters. The van der Waals surface area contributed by atoms with E-state index in [1.165, 1.54) is 0 Å². The van der Waals surface area contributed by atoms with E-state index in [-0.39, 0.29) is 0 Å². The van der Waals surface area contributed by atoms with E-state index in [1.807, 2.05) is 42.5 Å². The van der Waals surface area contributed by atoms with Crippen LogP contribution in [0.5, 0.6) is 11.6 Å². The molecule has 0 aliphatic carbocycles. The zero-order valence-corrected chi connectivity index (χ0v) is 11.3. The molecule has 2 nitrogen and oxygen atoms in total. The summed E-state index contributed by atoms with van der Waals surface area (Å²) in [5.74, 6) is 2.20. The summed E-state index contributed by atoms with van der Waals surface area (Å²) in [5.41, 5.74) is 2.03. The zero-order valence-electron chi connectivity index (χ0n) is 10.6. The predicted octanol–water partition coefficient (Wildman–Crippen LogP) is 4.74. The summed E-state index contributed by atoms with van der Waals surface area (Å²) in [7, 11) is 0. The molecule has 2 rings (SSSR count). The third-order valence-corrected chi connectivity index (χ3v) is 2.90.